The lowest BCUT2D eigenvalue weighted by Crippen LogP contribution is -2.30. The second kappa shape index (κ2) is 5.40. The van der Waals surface area contributed by atoms with Crippen LogP contribution in [0.1, 0.15) is 45.3 Å². The van der Waals surface area contributed by atoms with Crippen molar-refractivity contribution in [2.24, 2.45) is 11.8 Å². The molecule has 17 heavy (non-hydrogen) atoms. The van der Waals surface area contributed by atoms with Crippen molar-refractivity contribution in [3.63, 3.8) is 0 Å². The first-order valence-corrected chi connectivity index (χ1v) is 7.01. The summed E-state index contributed by atoms with van der Waals surface area (Å²) in [5.74, 6) is 1.49. The molecule has 2 rings (SSSR count). The van der Waals surface area contributed by atoms with E-state index in [1.54, 1.807) is 6.20 Å². The van der Waals surface area contributed by atoms with Crippen LogP contribution in [0.25, 0.3) is 0 Å². The van der Waals surface area contributed by atoms with Crippen LogP contribution >= 0.6 is 11.6 Å². The molecule has 0 aliphatic heterocycles. The third-order valence-corrected chi connectivity index (χ3v) is 4.03. The average Bonchev–Trinajstić information content (AvgIpc) is 3.10. The summed E-state index contributed by atoms with van der Waals surface area (Å²) in [5, 5.41) is 8.72. The molecule has 1 heterocycles. The van der Waals surface area contributed by atoms with Crippen LogP contribution in [0.4, 0.5) is 0 Å². The Hall–Kier alpha value is -0.540. The van der Waals surface area contributed by atoms with Crippen molar-refractivity contribution in [2.45, 2.75) is 46.2 Å². The van der Waals surface area contributed by atoms with Gasteiger partial charge in [-0.15, -0.1) is 0 Å². The Kier molecular flexibility index (Phi) is 4.10. The summed E-state index contributed by atoms with van der Waals surface area (Å²) in [5.41, 5.74) is 1.16. The quantitative estimate of drug-likeness (QED) is 0.846. The number of aryl methyl sites for hydroxylation is 1. The minimum atomic E-state index is 0.336. The summed E-state index contributed by atoms with van der Waals surface area (Å²) in [6.07, 6.45) is 4.49. The van der Waals surface area contributed by atoms with E-state index in [9.17, 15) is 0 Å². The van der Waals surface area contributed by atoms with Crippen molar-refractivity contribution in [3.05, 3.63) is 16.9 Å². The van der Waals surface area contributed by atoms with E-state index >= 15 is 0 Å². The number of halogens is 1. The molecule has 2 atom stereocenters. The Morgan fingerprint density at radius 3 is 2.76 bits per heavy atom. The van der Waals surface area contributed by atoms with Gasteiger partial charge in [0.2, 0.25) is 0 Å². The normalized spacial score (nSPS) is 19.3. The van der Waals surface area contributed by atoms with Gasteiger partial charge in [-0.25, -0.2) is 0 Å². The Labute approximate surface area is 109 Å². The van der Waals surface area contributed by atoms with E-state index in [1.807, 2.05) is 4.68 Å². The van der Waals surface area contributed by atoms with E-state index in [2.05, 4.69) is 31.2 Å². The third kappa shape index (κ3) is 2.66. The van der Waals surface area contributed by atoms with Gasteiger partial charge in [-0.05, 0) is 38.1 Å². The molecule has 1 aliphatic carbocycles. The second-order valence-electron chi connectivity index (χ2n) is 4.93. The number of aromatic nitrogens is 2. The van der Waals surface area contributed by atoms with E-state index in [1.165, 1.54) is 12.8 Å². The van der Waals surface area contributed by atoms with Crippen LogP contribution in [0.5, 0.6) is 0 Å². The fourth-order valence-electron chi connectivity index (χ4n) is 2.58. The highest BCUT2D eigenvalue weighted by atomic mass is 35.5. The molecule has 4 heteroatoms. The fraction of sp³-hybridized carbons (Fsp3) is 0.769. The third-order valence-electron chi connectivity index (χ3n) is 3.74. The maximum absolute atomic E-state index is 6.30. The number of nitrogens with one attached hydrogen (secondary N) is 1. The molecule has 0 aromatic carbocycles. The Morgan fingerprint density at radius 2 is 2.24 bits per heavy atom. The van der Waals surface area contributed by atoms with E-state index in [4.69, 9.17) is 11.6 Å². The van der Waals surface area contributed by atoms with Crippen molar-refractivity contribution in [1.29, 1.82) is 0 Å². The summed E-state index contributed by atoms with van der Waals surface area (Å²) in [6.45, 7) is 8.42. The highest BCUT2D eigenvalue weighted by Gasteiger charge is 2.35. The van der Waals surface area contributed by atoms with Crippen LogP contribution < -0.4 is 5.32 Å². The first kappa shape index (κ1) is 12.9. The van der Waals surface area contributed by atoms with Crippen molar-refractivity contribution in [2.75, 3.05) is 6.54 Å². The van der Waals surface area contributed by atoms with Crippen LogP contribution in [0.2, 0.25) is 5.02 Å². The van der Waals surface area contributed by atoms with E-state index in [-0.39, 0.29) is 0 Å². The molecule has 1 fully saturated rings. The standard InChI is InChI=1S/C13H22ClN3/c1-4-15-12(9(3)10-6-7-10)13-11(14)8-16-17(13)5-2/h8-10,12,15H,4-7H2,1-3H3. The van der Waals surface area contributed by atoms with Gasteiger partial charge in [0.15, 0.2) is 0 Å². The predicted molar refractivity (Wildman–Crippen MR) is 71.2 cm³/mol. The molecule has 1 aromatic heterocycles. The summed E-state index contributed by atoms with van der Waals surface area (Å²) in [7, 11) is 0. The molecular formula is C13H22ClN3. The maximum Gasteiger partial charge on any atom is 0.0834 e. The summed E-state index contributed by atoms with van der Waals surface area (Å²) in [6, 6.07) is 0.336. The van der Waals surface area contributed by atoms with Crippen molar-refractivity contribution >= 4 is 11.6 Å². The summed E-state index contributed by atoms with van der Waals surface area (Å²) in [4.78, 5) is 0. The SMILES string of the molecule is CCNC(c1c(Cl)cnn1CC)C(C)C1CC1. The van der Waals surface area contributed by atoms with E-state index in [0.29, 0.717) is 12.0 Å². The predicted octanol–water partition coefficient (Wildman–Crippen LogP) is 3.25. The minimum Gasteiger partial charge on any atom is -0.309 e. The van der Waals surface area contributed by atoms with Crippen LogP contribution in [0.3, 0.4) is 0 Å². The molecule has 0 radical (unpaired) electrons. The molecule has 0 saturated heterocycles. The molecule has 3 nitrogen and oxygen atoms in total. The van der Waals surface area contributed by atoms with Gasteiger partial charge in [0.1, 0.15) is 0 Å². The smallest absolute Gasteiger partial charge is 0.0834 e. The number of rotatable bonds is 6. The molecule has 96 valence electrons. The zero-order chi connectivity index (χ0) is 12.4. The van der Waals surface area contributed by atoms with Gasteiger partial charge in [0, 0.05) is 6.54 Å². The van der Waals surface area contributed by atoms with Crippen molar-refractivity contribution in [1.82, 2.24) is 15.1 Å². The zero-order valence-electron chi connectivity index (χ0n) is 10.9. The van der Waals surface area contributed by atoms with Crippen LogP contribution in [-0.2, 0) is 6.54 Å². The molecule has 1 saturated carbocycles. The topological polar surface area (TPSA) is 29.9 Å². The maximum atomic E-state index is 6.30. The van der Waals surface area contributed by atoms with Crippen molar-refractivity contribution in [3.8, 4) is 0 Å². The summed E-state index contributed by atoms with van der Waals surface area (Å²) < 4.78 is 2.02. The lowest BCUT2D eigenvalue weighted by atomic mass is 9.94. The minimum absolute atomic E-state index is 0.336. The first-order valence-electron chi connectivity index (χ1n) is 6.63. The molecule has 1 N–H and O–H groups in total. The number of hydrogen-bond acceptors (Lipinski definition) is 2. The van der Waals surface area contributed by atoms with Crippen molar-refractivity contribution < 1.29 is 0 Å². The van der Waals surface area contributed by atoms with E-state index < -0.39 is 0 Å². The molecule has 1 aromatic rings. The van der Waals surface area contributed by atoms with Gasteiger partial charge in [-0.1, -0.05) is 25.4 Å². The van der Waals surface area contributed by atoms with Crippen LogP contribution in [0.15, 0.2) is 6.20 Å². The summed E-state index contributed by atoms with van der Waals surface area (Å²) >= 11 is 6.30. The largest absolute Gasteiger partial charge is 0.309 e. The first-order chi connectivity index (χ1) is 8.19. The molecule has 0 spiro atoms. The van der Waals surface area contributed by atoms with Gasteiger partial charge in [0.05, 0.1) is 23.0 Å². The Morgan fingerprint density at radius 1 is 1.53 bits per heavy atom. The molecule has 2 unspecified atom stereocenters. The molecular weight excluding hydrogens is 234 g/mol. The monoisotopic (exact) mass is 255 g/mol. The average molecular weight is 256 g/mol. The molecule has 0 bridgehead atoms. The molecule has 0 amide bonds. The highest BCUT2D eigenvalue weighted by molar-refractivity contribution is 6.31. The second-order valence-corrected chi connectivity index (χ2v) is 5.33. The van der Waals surface area contributed by atoms with Gasteiger partial charge >= 0.3 is 0 Å². The number of hydrogen-bond donors (Lipinski definition) is 1. The Bertz CT molecular complexity index is 371. The van der Waals surface area contributed by atoms with Crippen LogP contribution in [-0.4, -0.2) is 16.3 Å². The molecule has 1 aliphatic rings. The number of nitrogens with zero attached hydrogens (tertiary/aromatic N) is 2. The van der Waals surface area contributed by atoms with Gasteiger partial charge in [0.25, 0.3) is 0 Å². The lowest BCUT2D eigenvalue weighted by molar-refractivity contribution is 0.335. The highest BCUT2D eigenvalue weighted by Crippen LogP contribution is 2.43. The van der Waals surface area contributed by atoms with E-state index in [0.717, 1.165) is 29.7 Å². The van der Waals surface area contributed by atoms with Gasteiger partial charge in [-0.3, -0.25) is 4.68 Å². The fourth-order valence-corrected chi connectivity index (χ4v) is 2.84. The van der Waals surface area contributed by atoms with Gasteiger partial charge in [-0.2, -0.15) is 5.10 Å². The van der Waals surface area contributed by atoms with Crippen LogP contribution in [0, 0.1) is 11.8 Å². The Balaban J connectivity index is 2.26. The van der Waals surface area contributed by atoms with Gasteiger partial charge < -0.3 is 5.32 Å². The lowest BCUT2D eigenvalue weighted by Gasteiger charge is -2.26. The zero-order valence-corrected chi connectivity index (χ0v) is 11.7.